The molecule has 2 aliphatic rings. The normalized spacial score (nSPS) is 21.5. The van der Waals surface area contributed by atoms with E-state index in [1.807, 2.05) is 13.0 Å². The molecule has 1 fully saturated rings. The first kappa shape index (κ1) is 21.8. The van der Waals surface area contributed by atoms with Crippen molar-refractivity contribution in [3.05, 3.63) is 34.5 Å². The summed E-state index contributed by atoms with van der Waals surface area (Å²) in [6.45, 7) is 2.02. The van der Waals surface area contributed by atoms with Crippen LogP contribution < -0.4 is 11.1 Å². The van der Waals surface area contributed by atoms with Crippen LogP contribution >= 0.6 is 23.1 Å². The van der Waals surface area contributed by atoms with Crippen molar-refractivity contribution in [3.63, 3.8) is 0 Å². The summed E-state index contributed by atoms with van der Waals surface area (Å²) in [4.78, 5) is 47.2. The van der Waals surface area contributed by atoms with Gasteiger partial charge in [-0.15, -0.1) is 23.1 Å². The Morgan fingerprint density at radius 1 is 1.53 bits per heavy atom. The third-order valence-electron chi connectivity index (χ3n) is 4.42. The number of hydrogen-bond acceptors (Lipinski definition) is 9. The van der Waals surface area contributed by atoms with Crippen molar-refractivity contribution in [2.75, 3.05) is 18.6 Å². The monoisotopic (exact) mass is 451 g/mol. The number of thiazole rings is 1. The number of nitrogen functional groups attached to an aromatic ring is 1. The first-order valence-electron chi connectivity index (χ1n) is 9.10. The Hall–Kier alpha value is -2.86. The van der Waals surface area contributed by atoms with Crippen molar-refractivity contribution in [1.82, 2.24) is 15.2 Å². The number of unbranched alkanes of at least 4 members (excludes halogenated alkanes) is 1. The lowest BCUT2D eigenvalue weighted by atomic mass is 10.0. The van der Waals surface area contributed by atoms with Crippen LogP contribution in [-0.2, 0) is 19.2 Å². The number of allylic oxidation sites excluding steroid dienone is 2. The summed E-state index contributed by atoms with van der Waals surface area (Å²) in [6.07, 6.45) is 5.41. The number of carboxylic acid groups (broad SMARTS) is 1. The number of aromatic nitrogens is 1. The minimum atomic E-state index is -1.17. The maximum atomic E-state index is 12.7. The van der Waals surface area contributed by atoms with Crippen molar-refractivity contribution in [1.29, 1.82) is 0 Å². The number of oxime groups is 1. The molecule has 160 valence electrons. The molecule has 0 saturated carbocycles. The minimum Gasteiger partial charge on any atom is -0.477 e. The van der Waals surface area contributed by atoms with Crippen LogP contribution in [0.2, 0.25) is 0 Å². The molecular weight excluding hydrogens is 430 g/mol. The second-order valence-corrected chi connectivity index (χ2v) is 8.42. The number of thioether (sulfide) groups is 1. The molecule has 3 rings (SSSR count). The fraction of sp³-hybridized carbons (Fsp3) is 0.389. The number of aliphatic carboxylic acids is 1. The van der Waals surface area contributed by atoms with Gasteiger partial charge in [0, 0.05) is 11.1 Å². The first-order chi connectivity index (χ1) is 14.4. The molecule has 1 aromatic heterocycles. The van der Waals surface area contributed by atoms with E-state index in [2.05, 4.69) is 15.5 Å². The van der Waals surface area contributed by atoms with Gasteiger partial charge in [0.15, 0.2) is 10.8 Å². The van der Waals surface area contributed by atoms with Crippen molar-refractivity contribution in [2.24, 2.45) is 5.16 Å². The van der Waals surface area contributed by atoms with E-state index >= 15 is 0 Å². The van der Waals surface area contributed by atoms with Crippen LogP contribution in [0.1, 0.15) is 25.5 Å². The van der Waals surface area contributed by atoms with Crippen LogP contribution in [0, 0.1) is 0 Å². The number of hydrogen-bond donors (Lipinski definition) is 3. The second kappa shape index (κ2) is 9.30. The van der Waals surface area contributed by atoms with Gasteiger partial charge in [-0.1, -0.05) is 30.7 Å². The van der Waals surface area contributed by atoms with Gasteiger partial charge in [-0.05, 0) is 12.0 Å². The van der Waals surface area contributed by atoms with Crippen molar-refractivity contribution < 1.29 is 24.3 Å². The molecule has 0 spiro atoms. The van der Waals surface area contributed by atoms with Crippen LogP contribution in [0.4, 0.5) is 5.13 Å². The number of rotatable bonds is 8. The summed E-state index contributed by atoms with van der Waals surface area (Å²) >= 11 is 2.53. The van der Waals surface area contributed by atoms with Gasteiger partial charge in [0.05, 0.1) is 0 Å². The number of anilines is 1. The molecule has 0 bridgehead atoms. The van der Waals surface area contributed by atoms with Crippen molar-refractivity contribution >= 4 is 51.7 Å². The maximum absolute atomic E-state index is 12.7. The number of nitrogens with zero attached hydrogens (tertiary/aromatic N) is 3. The van der Waals surface area contributed by atoms with Crippen LogP contribution in [0.25, 0.3) is 0 Å². The first-order valence-corrected chi connectivity index (χ1v) is 11.0. The van der Waals surface area contributed by atoms with Crippen molar-refractivity contribution in [2.45, 2.75) is 31.2 Å². The van der Waals surface area contributed by atoms with E-state index in [1.54, 1.807) is 11.5 Å². The number of nitrogens with two attached hydrogens (primary N) is 1. The van der Waals surface area contributed by atoms with Gasteiger partial charge in [0.25, 0.3) is 11.8 Å². The zero-order valence-corrected chi connectivity index (χ0v) is 18.0. The Labute approximate surface area is 180 Å². The van der Waals surface area contributed by atoms with Gasteiger partial charge in [-0.3, -0.25) is 14.5 Å². The zero-order chi connectivity index (χ0) is 21.8. The molecule has 0 radical (unpaired) electrons. The predicted octanol–water partition coefficient (Wildman–Crippen LogP) is 1.17. The highest BCUT2D eigenvalue weighted by Crippen LogP contribution is 2.40. The highest BCUT2D eigenvalue weighted by Gasteiger charge is 2.54. The number of fused-ring (bicyclic) bond motifs is 1. The number of β-lactam (4-membered cyclic amide) rings is 1. The molecule has 1 aromatic rings. The lowest BCUT2D eigenvalue weighted by Crippen LogP contribution is -2.71. The Morgan fingerprint density at radius 3 is 2.90 bits per heavy atom. The Kier molecular flexibility index (Phi) is 6.77. The Morgan fingerprint density at radius 2 is 2.30 bits per heavy atom. The number of carbonyl (C=O) groups is 3. The predicted molar refractivity (Wildman–Crippen MR) is 114 cm³/mol. The van der Waals surface area contributed by atoms with Gasteiger partial charge in [0.1, 0.15) is 29.9 Å². The van der Waals surface area contributed by atoms with Crippen molar-refractivity contribution in [3.8, 4) is 0 Å². The molecule has 0 aliphatic carbocycles. The number of amides is 2. The molecule has 12 heteroatoms. The van der Waals surface area contributed by atoms with Gasteiger partial charge in [0.2, 0.25) is 0 Å². The summed E-state index contributed by atoms with van der Waals surface area (Å²) in [6, 6.07) is -0.879. The van der Waals surface area contributed by atoms with E-state index in [-0.39, 0.29) is 22.2 Å². The molecule has 0 unspecified atom stereocenters. The lowest BCUT2D eigenvalue weighted by Gasteiger charge is -2.49. The van der Waals surface area contributed by atoms with Gasteiger partial charge >= 0.3 is 5.97 Å². The molecule has 4 N–H and O–H groups in total. The summed E-state index contributed by atoms with van der Waals surface area (Å²) < 4.78 is 0. The molecule has 3 heterocycles. The molecule has 1 saturated heterocycles. The maximum Gasteiger partial charge on any atom is 0.352 e. The molecule has 2 atom stereocenters. The summed E-state index contributed by atoms with van der Waals surface area (Å²) in [5.74, 6) is -1.90. The van der Waals surface area contributed by atoms with Gasteiger partial charge in [-0.2, -0.15) is 0 Å². The van der Waals surface area contributed by atoms with Crippen LogP contribution in [0.3, 0.4) is 0 Å². The average Bonchev–Trinajstić information content (AvgIpc) is 3.15. The number of carbonyl (C=O) groups excluding carboxylic acids is 2. The lowest BCUT2D eigenvalue weighted by molar-refractivity contribution is -0.150. The highest BCUT2D eigenvalue weighted by atomic mass is 32.2. The van der Waals surface area contributed by atoms with E-state index in [1.165, 1.54) is 23.8 Å². The SMILES string of the molecule is CCC/C=C\C1=C(C(=O)O)N2C(=O)[C@@H](NC(=O)/C(=N\OC)c3csc(N)n3)[C@@H]2SC1. The Balaban J connectivity index is 1.78. The fourth-order valence-corrected chi connectivity index (χ4v) is 4.93. The minimum absolute atomic E-state index is 0.0420. The van der Waals surface area contributed by atoms with Crippen LogP contribution in [0.15, 0.2) is 34.0 Å². The standard InChI is InChI=1S/C18H21N5O5S2/c1-3-4-5-6-9-7-29-16-12(15(25)23(16)13(9)17(26)27)21-14(24)11(22-28-2)10-8-30-18(19)20-10/h5-6,8,12,16H,3-4,7H2,1-2H3,(H2,19,20)(H,21,24)(H,26,27)/b6-5-,22-11-/t12-,16+/m1/s1. The molecule has 10 nitrogen and oxygen atoms in total. The molecular formula is C18H21N5O5S2. The summed E-state index contributed by atoms with van der Waals surface area (Å²) in [7, 11) is 1.29. The quantitative estimate of drug-likeness (QED) is 0.303. The van der Waals surface area contributed by atoms with E-state index in [0.29, 0.717) is 11.3 Å². The second-order valence-electron chi connectivity index (χ2n) is 6.42. The topological polar surface area (TPSA) is 147 Å². The number of nitrogens with one attached hydrogen (secondary N) is 1. The third-order valence-corrected chi connectivity index (χ3v) is 6.40. The van der Waals surface area contributed by atoms with E-state index in [4.69, 9.17) is 10.6 Å². The highest BCUT2D eigenvalue weighted by molar-refractivity contribution is 8.00. The summed E-state index contributed by atoms with van der Waals surface area (Å²) in [5, 5.41) is 17.3. The fourth-order valence-electron chi connectivity index (χ4n) is 3.07. The van der Waals surface area contributed by atoms with Gasteiger partial charge < -0.3 is 21.0 Å². The molecule has 0 aromatic carbocycles. The third kappa shape index (κ3) is 4.19. The van der Waals surface area contributed by atoms with Gasteiger partial charge in [-0.25, -0.2) is 9.78 Å². The molecule has 2 amide bonds. The molecule has 30 heavy (non-hydrogen) atoms. The summed E-state index contributed by atoms with van der Waals surface area (Å²) in [5.41, 5.74) is 6.26. The Bertz CT molecular complexity index is 955. The molecule has 2 aliphatic heterocycles. The van der Waals surface area contributed by atoms with Crippen LogP contribution in [0.5, 0.6) is 0 Å². The smallest absolute Gasteiger partial charge is 0.352 e. The van der Waals surface area contributed by atoms with Crippen LogP contribution in [-0.4, -0.2) is 62.8 Å². The van der Waals surface area contributed by atoms with E-state index < -0.39 is 29.2 Å². The number of carboxylic acids is 1. The van der Waals surface area contributed by atoms with E-state index in [9.17, 15) is 19.5 Å². The average molecular weight is 452 g/mol. The zero-order valence-electron chi connectivity index (χ0n) is 16.3. The van der Waals surface area contributed by atoms with E-state index in [0.717, 1.165) is 24.2 Å². The largest absolute Gasteiger partial charge is 0.477 e.